The maximum atomic E-state index is 15.1. The highest BCUT2D eigenvalue weighted by molar-refractivity contribution is 5.99. The third kappa shape index (κ3) is 3.75. The van der Waals surface area contributed by atoms with E-state index in [1.54, 1.807) is 10.7 Å². The van der Waals surface area contributed by atoms with Crippen molar-refractivity contribution in [1.29, 1.82) is 0 Å². The number of amides is 1. The second kappa shape index (κ2) is 7.44. The number of aromatic nitrogens is 2. The van der Waals surface area contributed by atoms with E-state index in [-0.39, 0.29) is 17.0 Å². The minimum atomic E-state index is -0.658. The van der Waals surface area contributed by atoms with Crippen LogP contribution in [0.3, 0.4) is 0 Å². The lowest BCUT2D eigenvalue weighted by atomic mass is 9.76. The van der Waals surface area contributed by atoms with E-state index >= 15 is 4.39 Å². The lowest BCUT2D eigenvalue weighted by Crippen LogP contribution is -2.25. The van der Waals surface area contributed by atoms with Gasteiger partial charge < -0.3 is 15.8 Å². The number of hydrogen-bond donors (Lipinski definition) is 2. The largest absolute Gasteiger partial charge is 0.379 e. The van der Waals surface area contributed by atoms with Crippen LogP contribution in [-0.4, -0.2) is 34.9 Å². The molecule has 0 unspecified atom stereocenters. The number of nitrogens with two attached hydrogens (primary N) is 1. The van der Waals surface area contributed by atoms with E-state index in [1.165, 1.54) is 11.6 Å². The third-order valence-corrected chi connectivity index (χ3v) is 6.08. The number of fused-ring (bicyclic) bond motifs is 1. The molecule has 0 spiro atoms. The Morgan fingerprint density at radius 3 is 2.90 bits per heavy atom. The molecule has 156 valence electrons. The zero-order chi connectivity index (χ0) is 20.8. The summed E-state index contributed by atoms with van der Waals surface area (Å²) in [7, 11) is 0. The van der Waals surface area contributed by atoms with Gasteiger partial charge in [0.15, 0.2) is 0 Å². The Bertz CT molecular complexity index is 945. The molecule has 1 saturated heterocycles. The van der Waals surface area contributed by atoms with Gasteiger partial charge in [0.2, 0.25) is 0 Å². The number of carbonyl (C=O) groups excluding carboxylic acids is 1. The molecule has 29 heavy (non-hydrogen) atoms. The van der Waals surface area contributed by atoms with Crippen molar-refractivity contribution in [1.82, 2.24) is 9.78 Å². The van der Waals surface area contributed by atoms with Crippen LogP contribution in [0, 0.1) is 11.2 Å². The highest BCUT2D eigenvalue weighted by Gasteiger charge is 2.32. The average molecular weight is 400 g/mol. The molecule has 0 radical (unpaired) electrons. The first-order chi connectivity index (χ1) is 13.8. The molecule has 1 aliphatic heterocycles. The SMILES string of the molecule is CCc1nn(-c2cc(N[C@@H]3CCOC3)c(C(N)=O)cc2F)c2c1CCC(C)(C)C2. The molecular weight excluding hydrogens is 371 g/mol. The van der Waals surface area contributed by atoms with Crippen LogP contribution in [-0.2, 0) is 24.0 Å². The fourth-order valence-corrected chi connectivity index (χ4v) is 4.41. The van der Waals surface area contributed by atoms with Crippen LogP contribution in [0.1, 0.15) is 60.9 Å². The Balaban J connectivity index is 1.83. The van der Waals surface area contributed by atoms with Crippen LogP contribution in [0.5, 0.6) is 0 Å². The van der Waals surface area contributed by atoms with Gasteiger partial charge in [0.1, 0.15) is 11.5 Å². The topological polar surface area (TPSA) is 82.2 Å². The molecule has 1 aromatic carbocycles. The number of benzene rings is 1. The van der Waals surface area contributed by atoms with E-state index in [4.69, 9.17) is 15.6 Å². The summed E-state index contributed by atoms with van der Waals surface area (Å²) in [5.74, 6) is -1.15. The molecule has 1 atom stereocenters. The molecule has 4 rings (SSSR count). The normalized spacial score (nSPS) is 20.5. The van der Waals surface area contributed by atoms with Gasteiger partial charge in [0, 0.05) is 18.0 Å². The minimum absolute atomic E-state index is 0.0723. The molecule has 2 heterocycles. The number of ether oxygens (including phenoxy) is 1. The lowest BCUT2D eigenvalue weighted by Gasteiger charge is -2.30. The van der Waals surface area contributed by atoms with Gasteiger partial charge in [-0.2, -0.15) is 5.10 Å². The number of nitrogens with one attached hydrogen (secondary N) is 1. The smallest absolute Gasteiger partial charge is 0.250 e. The number of halogens is 1. The summed E-state index contributed by atoms with van der Waals surface area (Å²) in [6.07, 6.45) is 4.52. The molecule has 7 heteroatoms. The van der Waals surface area contributed by atoms with Gasteiger partial charge in [-0.1, -0.05) is 20.8 Å². The van der Waals surface area contributed by atoms with Crippen molar-refractivity contribution in [3.05, 3.63) is 40.5 Å². The Kier molecular flexibility index (Phi) is 5.11. The van der Waals surface area contributed by atoms with Crippen LogP contribution in [0.4, 0.5) is 10.1 Å². The third-order valence-electron chi connectivity index (χ3n) is 6.08. The second-order valence-corrected chi connectivity index (χ2v) is 8.90. The van der Waals surface area contributed by atoms with E-state index in [1.807, 2.05) is 0 Å². The first-order valence-corrected chi connectivity index (χ1v) is 10.4. The highest BCUT2D eigenvalue weighted by atomic mass is 19.1. The van der Waals surface area contributed by atoms with Crippen molar-refractivity contribution in [2.45, 2.75) is 58.9 Å². The summed E-state index contributed by atoms with van der Waals surface area (Å²) >= 11 is 0. The van der Waals surface area contributed by atoms with E-state index < -0.39 is 11.7 Å². The highest BCUT2D eigenvalue weighted by Crippen LogP contribution is 2.38. The van der Waals surface area contributed by atoms with E-state index in [0.29, 0.717) is 24.6 Å². The summed E-state index contributed by atoms with van der Waals surface area (Å²) < 4.78 is 22.3. The van der Waals surface area contributed by atoms with Crippen LogP contribution >= 0.6 is 0 Å². The Morgan fingerprint density at radius 2 is 2.24 bits per heavy atom. The Hall–Kier alpha value is -2.41. The first-order valence-electron chi connectivity index (χ1n) is 10.4. The molecule has 1 amide bonds. The summed E-state index contributed by atoms with van der Waals surface area (Å²) in [6, 6.07) is 2.97. The van der Waals surface area contributed by atoms with Crippen molar-refractivity contribution in [2.75, 3.05) is 18.5 Å². The second-order valence-electron chi connectivity index (χ2n) is 8.90. The predicted molar refractivity (Wildman–Crippen MR) is 110 cm³/mol. The Morgan fingerprint density at radius 1 is 1.45 bits per heavy atom. The summed E-state index contributed by atoms with van der Waals surface area (Å²) in [5.41, 5.74) is 10.0. The monoisotopic (exact) mass is 400 g/mol. The van der Waals surface area contributed by atoms with Crippen molar-refractivity contribution in [3.8, 4) is 5.69 Å². The first kappa shape index (κ1) is 19.9. The van der Waals surface area contributed by atoms with E-state index in [0.717, 1.165) is 43.5 Å². The molecule has 2 aromatic rings. The van der Waals surface area contributed by atoms with Gasteiger partial charge in [0.25, 0.3) is 5.91 Å². The Labute approximate surface area is 170 Å². The number of nitrogens with zero attached hydrogens (tertiary/aromatic N) is 2. The molecule has 6 nitrogen and oxygen atoms in total. The molecule has 1 aliphatic carbocycles. The maximum Gasteiger partial charge on any atom is 0.250 e. The number of hydrogen-bond acceptors (Lipinski definition) is 4. The number of primary amides is 1. The van der Waals surface area contributed by atoms with Crippen molar-refractivity contribution in [2.24, 2.45) is 11.1 Å². The van der Waals surface area contributed by atoms with Crippen LogP contribution < -0.4 is 11.1 Å². The van der Waals surface area contributed by atoms with Crippen LogP contribution in [0.25, 0.3) is 5.69 Å². The predicted octanol–water partition coefficient (Wildman–Crippen LogP) is 3.39. The molecular formula is C22H29FN4O2. The standard InChI is InChI=1S/C22H29FN4O2/c1-4-17-14-5-7-22(2,3)11-20(14)27(26-17)19-10-18(25-13-6-8-29-12-13)15(21(24)28)9-16(19)23/h9-10,13,25H,4-8,11-12H2,1-3H3,(H2,24,28)/t13-/m1/s1. The van der Waals surface area contributed by atoms with Crippen LogP contribution in [0.15, 0.2) is 12.1 Å². The van der Waals surface area contributed by atoms with E-state index in [2.05, 4.69) is 26.1 Å². The fourth-order valence-electron chi connectivity index (χ4n) is 4.41. The summed E-state index contributed by atoms with van der Waals surface area (Å²) in [5, 5.41) is 8.07. The van der Waals surface area contributed by atoms with Gasteiger partial charge in [0.05, 0.1) is 23.9 Å². The number of aryl methyl sites for hydroxylation is 1. The van der Waals surface area contributed by atoms with E-state index in [9.17, 15) is 4.79 Å². The van der Waals surface area contributed by atoms with Gasteiger partial charge in [-0.15, -0.1) is 0 Å². The number of rotatable bonds is 5. The lowest BCUT2D eigenvalue weighted by molar-refractivity contribution is 0.100. The summed E-state index contributed by atoms with van der Waals surface area (Å²) in [4.78, 5) is 11.9. The van der Waals surface area contributed by atoms with Crippen molar-refractivity contribution in [3.63, 3.8) is 0 Å². The van der Waals surface area contributed by atoms with Gasteiger partial charge in [-0.25, -0.2) is 9.07 Å². The zero-order valence-corrected chi connectivity index (χ0v) is 17.3. The number of anilines is 1. The van der Waals surface area contributed by atoms with Gasteiger partial charge in [-0.3, -0.25) is 4.79 Å². The fraction of sp³-hybridized carbons (Fsp3) is 0.545. The molecule has 2 aliphatic rings. The quantitative estimate of drug-likeness (QED) is 0.806. The maximum absolute atomic E-state index is 15.1. The van der Waals surface area contributed by atoms with Crippen LogP contribution in [0.2, 0.25) is 0 Å². The summed E-state index contributed by atoms with van der Waals surface area (Å²) in [6.45, 7) is 7.76. The minimum Gasteiger partial charge on any atom is -0.379 e. The molecule has 1 aromatic heterocycles. The van der Waals surface area contributed by atoms with Crippen molar-refractivity contribution >= 4 is 11.6 Å². The zero-order valence-electron chi connectivity index (χ0n) is 17.3. The number of carbonyl (C=O) groups is 1. The van der Waals surface area contributed by atoms with Gasteiger partial charge in [-0.05, 0) is 55.2 Å². The molecule has 1 fully saturated rings. The average Bonchev–Trinajstić information content (AvgIpc) is 3.29. The van der Waals surface area contributed by atoms with Gasteiger partial charge >= 0.3 is 0 Å². The van der Waals surface area contributed by atoms with Crippen molar-refractivity contribution < 1.29 is 13.9 Å². The molecule has 3 N–H and O–H groups in total. The molecule has 0 bridgehead atoms. The molecule has 0 saturated carbocycles.